The van der Waals surface area contributed by atoms with E-state index < -0.39 is 10.0 Å². The Labute approximate surface area is 155 Å². The van der Waals surface area contributed by atoms with Crippen LogP contribution in [0.15, 0.2) is 28.0 Å². The van der Waals surface area contributed by atoms with E-state index in [9.17, 15) is 13.2 Å². The van der Waals surface area contributed by atoms with Crippen molar-refractivity contribution in [2.45, 2.75) is 37.0 Å². The smallest absolute Gasteiger partial charge is 0.240 e. The largest absolute Gasteiger partial charge is 0.311 e. The van der Waals surface area contributed by atoms with Gasteiger partial charge in [-0.3, -0.25) is 4.79 Å². The molecule has 1 amide bonds. The van der Waals surface area contributed by atoms with Gasteiger partial charge in [0.05, 0.1) is 10.6 Å². The molecule has 1 N–H and O–H groups in total. The van der Waals surface area contributed by atoms with E-state index in [1.54, 1.807) is 34.9 Å². The molecule has 0 bridgehead atoms. The summed E-state index contributed by atoms with van der Waals surface area (Å²) in [5.41, 5.74) is 0.696. The topological polar surface area (TPSA) is 69.7 Å². The molecule has 1 heterocycles. The van der Waals surface area contributed by atoms with E-state index in [4.69, 9.17) is 0 Å². The van der Waals surface area contributed by atoms with Gasteiger partial charge in [0, 0.05) is 31.5 Å². The van der Waals surface area contributed by atoms with Crippen LogP contribution in [0.5, 0.6) is 0 Å². The molecule has 1 aromatic carbocycles. The molecule has 0 radical (unpaired) electrons. The molecule has 0 saturated carbocycles. The normalized spacial score (nSPS) is 15.1. The molecule has 140 valence electrons. The van der Waals surface area contributed by atoms with Crippen LogP contribution in [-0.4, -0.2) is 57.7 Å². The number of hydrogen-bond donors (Lipinski definition) is 1. The monoisotopic (exact) mass is 385 g/mol. The van der Waals surface area contributed by atoms with Crippen molar-refractivity contribution in [3.05, 3.63) is 18.2 Å². The van der Waals surface area contributed by atoms with E-state index in [0.29, 0.717) is 25.3 Å². The highest BCUT2D eigenvalue weighted by atomic mass is 32.2. The third kappa shape index (κ3) is 5.20. The van der Waals surface area contributed by atoms with E-state index in [-0.39, 0.29) is 10.8 Å². The van der Waals surface area contributed by atoms with Crippen molar-refractivity contribution in [3.8, 4) is 0 Å². The van der Waals surface area contributed by atoms with Gasteiger partial charge in [0.2, 0.25) is 15.9 Å². The predicted molar refractivity (Wildman–Crippen MR) is 103 cm³/mol. The Kier molecular flexibility index (Phi) is 7.30. The Bertz CT molecular complexity index is 703. The van der Waals surface area contributed by atoms with Crippen LogP contribution < -0.4 is 9.62 Å². The van der Waals surface area contributed by atoms with Gasteiger partial charge >= 0.3 is 0 Å². The Balaban J connectivity index is 2.20. The zero-order chi connectivity index (χ0) is 18.4. The van der Waals surface area contributed by atoms with E-state index in [2.05, 4.69) is 23.5 Å². The summed E-state index contributed by atoms with van der Waals surface area (Å²) in [7, 11) is -3.59. The number of amides is 1. The Morgan fingerprint density at radius 1 is 1.32 bits per heavy atom. The molecule has 0 atom stereocenters. The van der Waals surface area contributed by atoms with Gasteiger partial charge in [-0.25, -0.2) is 13.1 Å². The number of likely N-dealkylation sites (N-methyl/N-ethyl adjacent to an activating group) is 1. The van der Waals surface area contributed by atoms with Crippen LogP contribution in [0.25, 0.3) is 0 Å². The second-order valence-corrected chi connectivity index (χ2v) is 8.83. The first-order valence-electron chi connectivity index (χ1n) is 8.66. The summed E-state index contributed by atoms with van der Waals surface area (Å²) in [6.45, 7) is 9.07. The van der Waals surface area contributed by atoms with E-state index in [0.717, 1.165) is 30.2 Å². The van der Waals surface area contributed by atoms with Crippen molar-refractivity contribution in [2.24, 2.45) is 0 Å². The number of hydrogen-bond acceptors (Lipinski definition) is 5. The molecule has 0 aromatic heterocycles. The fourth-order valence-electron chi connectivity index (χ4n) is 2.81. The molecule has 0 saturated heterocycles. The lowest BCUT2D eigenvalue weighted by atomic mass is 10.2. The molecule has 2 rings (SSSR count). The molecule has 0 spiro atoms. The molecular weight excluding hydrogens is 358 g/mol. The maximum absolute atomic E-state index is 12.6. The van der Waals surface area contributed by atoms with Gasteiger partial charge in [-0.15, -0.1) is 11.8 Å². The summed E-state index contributed by atoms with van der Waals surface area (Å²) in [5.74, 6) is 0.859. The summed E-state index contributed by atoms with van der Waals surface area (Å²) in [6.07, 6.45) is 0.892. The molecule has 0 aliphatic carbocycles. The summed E-state index contributed by atoms with van der Waals surface area (Å²) >= 11 is 1.66. The van der Waals surface area contributed by atoms with Crippen molar-refractivity contribution in [1.82, 2.24) is 9.62 Å². The van der Waals surface area contributed by atoms with Gasteiger partial charge < -0.3 is 9.80 Å². The van der Waals surface area contributed by atoms with Crippen molar-refractivity contribution in [2.75, 3.05) is 43.4 Å². The quantitative estimate of drug-likeness (QED) is 0.779. The lowest BCUT2D eigenvalue weighted by Gasteiger charge is -2.22. The standard InChI is InChI=1S/C17H27N3O3S2/c1-4-19(5-2)11-9-18-25(22,23)15-7-8-17-16(13-15)20(14(3)21)10-6-12-24-17/h7-8,13,18H,4-6,9-12H2,1-3H3. The van der Waals surface area contributed by atoms with Crippen molar-refractivity contribution < 1.29 is 13.2 Å². The molecule has 25 heavy (non-hydrogen) atoms. The zero-order valence-electron chi connectivity index (χ0n) is 15.1. The van der Waals surface area contributed by atoms with Crippen molar-refractivity contribution in [3.63, 3.8) is 0 Å². The first-order chi connectivity index (χ1) is 11.9. The fraction of sp³-hybridized carbons (Fsp3) is 0.588. The van der Waals surface area contributed by atoms with E-state index in [1.165, 1.54) is 6.92 Å². The first kappa shape index (κ1) is 20.2. The summed E-state index contributed by atoms with van der Waals surface area (Å²) < 4.78 is 27.9. The minimum absolute atomic E-state index is 0.0622. The number of carbonyl (C=O) groups excluding carboxylic acids is 1. The number of rotatable bonds is 7. The highest BCUT2D eigenvalue weighted by Gasteiger charge is 2.22. The van der Waals surface area contributed by atoms with Gasteiger partial charge in [-0.05, 0) is 43.5 Å². The van der Waals surface area contributed by atoms with Gasteiger partial charge in [0.1, 0.15) is 0 Å². The second-order valence-electron chi connectivity index (χ2n) is 5.93. The highest BCUT2D eigenvalue weighted by Crippen LogP contribution is 2.35. The summed E-state index contributed by atoms with van der Waals surface area (Å²) in [5, 5.41) is 0. The number of nitrogens with one attached hydrogen (secondary N) is 1. The van der Waals surface area contributed by atoms with E-state index >= 15 is 0 Å². The molecule has 6 nitrogen and oxygen atoms in total. The van der Waals surface area contributed by atoms with Gasteiger partial charge in [0.25, 0.3) is 0 Å². The highest BCUT2D eigenvalue weighted by molar-refractivity contribution is 7.99. The molecule has 1 aromatic rings. The third-order valence-corrected chi connectivity index (χ3v) is 6.92. The second kappa shape index (κ2) is 9.02. The average molecular weight is 386 g/mol. The minimum atomic E-state index is -3.59. The van der Waals surface area contributed by atoms with E-state index in [1.807, 2.05) is 0 Å². The van der Waals surface area contributed by atoms with Gasteiger partial charge in [-0.1, -0.05) is 13.8 Å². The van der Waals surface area contributed by atoms with Crippen molar-refractivity contribution >= 4 is 33.4 Å². The zero-order valence-corrected chi connectivity index (χ0v) is 16.8. The maximum atomic E-state index is 12.6. The van der Waals surface area contributed by atoms with Gasteiger partial charge in [-0.2, -0.15) is 0 Å². The Morgan fingerprint density at radius 2 is 2.04 bits per heavy atom. The molecule has 8 heteroatoms. The Morgan fingerprint density at radius 3 is 2.68 bits per heavy atom. The number of fused-ring (bicyclic) bond motifs is 1. The molecule has 0 unspecified atom stereocenters. The SMILES string of the molecule is CCN(CC)CCNS(=O)(=O)c1ccc2c(c1)N(C(C)=O)CCCS2. The van der Waals surface area contributed by atoms with Crippen LogP contribution >= 0.6 is 11.8 Å². The number of thioether (sulfide) groups is 1. The van der Waals surface area contributed by atoms with Crippen LogP contribution in [0, 0.1) is 0 Å². The van der Waals surface area contributed by atoms with Crippen LogP contribution in [-0.2, 0) is 14.8 Å². The summed E-state index contributed by atoms with van der Waals surface area (Å²) in [6, 6.07) is 5.05. The summed E-state index contributed by atoms with van der Waals surface area (Å²) in [4.78, 5) is 16.9. The van der Waals surface area contributed by atoms with Crippen LogP contribution in [0.1, 0.15) is 27.2 Å². The number of sulfonamides is 1. The number of carbonyl (C=O) groups is 1. The van der Waals surface area contributed by atoms with Crippen molar-refractivity contribution in [1.29, 1.82) is 0 Å². The minimum Gasteiger partial charge on any atom is -0.311 e. The number of benzene rings is 1. The average Bonchev–Trinajstić information content (AvgIpc) is 2.80. The lowest BCUT2D eigenvalue weighted by Crippen LogP contribution is -2.35. The van der Waals surface area contributed by atoms with Crippen LogP contribution in [0.2, 0.25) is 0 Å². The third-order valence-electron chi connectivity index (χ3n) is 4.31. The molecule has 1 aliphatic rings. The molecule has 1 aliphatic heterocycles. The van der Waals surface area contributed by atoms with Crippen LogP contribution in [0.4, 0.5) is 5.69 Å². The number of nitrogens with zero attached hydrogens (tertiary/aromatic N) is 2. The van der Waals surface area contributed by atoms with Crippen LogP contribution in [0.3, 0.4) is 0 Å². The number of anilines is 1. The first-order valence-corrected chi connectivity index (χ1v) is 11.1. The molecule has 0 fully saturated rings. The Hall–Kier alpha value is -1.09. The fourth-order valence-corrected chi connectivity index (χ4v) is 4.83. The lowest BCUT2D eigenvalue weighted by molar-refractivity contribution is -0.116. The predicted octanol–water partition coefficient (Wildman–Crippen LogP) is 2.16. The molecular formula is C17H27N3O3S2. The van der Waals surface area contributed by atoms with Gasteiger partial charge in [0.15, 0.2) is 0 Å². The maximum Gasteiger partial charge on any atom is 0.240 e.